The van der Waals surface area contributed by atoms with Gasteiger partial charge in [-0.2, -0.15) is 0 Å². The van der Waals surface area contributed by atoms with Crippen LogP contribution in [0.25, 0.3) is 10.4 Å². The summed E-state index contributed by atoms with van der Waals surface area (Å²) < 4.78 is 25.5. The molecule has 9 heteroatoms. The number of carbonyl (C=O) groups is 2. The molecule has 136 valence electrons. The van der Waals surface area contributed by atoms with E-state index in [0.717, 1.165) is 16.7 Å². The Morgan fingerprint density at radius 3 is 2.77 bits per heavy atom. The number of rotatable bonds is 3. The third-order valence-corrected chi connectivity index (χ3v) is 6.24. The van der Waals surface area contributed by atoms with Gasteiger partial charge in [-0.05, 0) is 35.6 Å². The van der Waals surface area contributed by atoms with Crippen LogP contribution in [0.5, 0.6) is 0 Å². The largest absolute Gasteiger partial charge is 0.325 e. The van der Waals surface area contributed by atoms with Crippen molar-refractivity contribution in [3.05, 3.63) is 41.3 Å². The number of thiophene rings is 1. The number of benzene rings is 1. The molecule has 2 amide bonds. The van der Waals surface area contributed by atoms with Crippen molar-refractivity contribution in [3.63, 3.8) is 0 Å². The van der Waals surface area contributed by atoms with E-state index in [-0.39, 0.29) is 24.8 Å². The van der Waals surface area contributed by atoms with Crippen LogP contribution in [-0.4, -0.2) is 50.0 Å². The van der Waals surface area contributed by atoms with Crippen molar-refractivity contribution in [2.24, 2.45) is 0 Å². The van der Waals surface area contributed by atoms with E-state index in [1.165, 1.54) is 4.90 Å². The second kappa shape index (κ2) is 6.19. The van der Waals surface area contributed by atoms with Gasteiger partial charge in [-0.1, -0.05) is 12.1 Å². The fraction of sp³-hybridized carbons (Fsp3) is 0.294. The minimum Gasteiger partial charge on any atom is -0.325 e. The van der Waals surface area contributed by atoms with Crippen LogP contribution in [0.15, 0.2) is 35.7 Å². The quantitative estimate of drug-likeness (QED) is 0.829. The molecule has 1 saturated heterocycles. The molecule has 2 unspecified atom stereocenters. The highest BCUT2D eigenvalue weighted by molar-refractivity contribution is 7.88. The Bertz CT molecular complexity index is 985. The minimum atomic E-state index is -3.41. The van der Waals surface area contributed by atoms with E-state index in [1.54, 1.807) is 23.5 Å². The van der Waals surface area contributed by atoms with Crippen LogP contribution >= 0.6 is 11.3 Å². The normalized spacial score (nSPS) is 22.6. The lowest BCUT2D eigenvalue weighted by atomic mass is 10.1. The van der Waals surface area contributed by atoms with Gasteiger partial charge in [0.15, 0.2) is 0 Å². The van der Waals surface area contributed by atoms with Crippen molar-refractivity contribution < 1.29 is 18.0 Å². The van der Waals surface area contributed by atoms with Gasteiger partial charge < -0.3 is 10.2 Å². The molecule has 1 aromatic heterocycles. The van der Waals surface area contributed by atoms with Gasteiger partial charge in [0.2, 0.25) is 15.9 Å². The zero-order valence-corrected chi connectivity index (χ0v) is 15.6. The Morgan fingerprint density at radius 1 is 1.27 bits per heavy atom. The van der Waals surface area contributed by atoms with Crippen LogP contribution in [0.1, 0.15) is 16.8 Å². The third-order valence-electron chi connectivity index (χ3n) is 4.56. The zero-order valence-electron chi connectivity index (χ0n) is 13.9. The molecule has 4 rings (SSSR count). The number of amides is 2. The van der Waals surface area contributed by atoms with E-state index < -0.39 is 22.1 Å². The molecule has 2 aromatic rings. The first-order valence-corrected chi connectivity index (χ1v) is 10.9. The lowest BCUT2D eigenvalue weighted by Gasteiger charge is -2.20. The molecule has 2 atom stereocenters. The van der Waals surface area contributed by atoms with Gasteiger partial charge in [-0.15, -0.1) is 11.3 Å². The van der Waals surface area contributed by atoms with Gasteiger partial charge in [0, 0.05) is 17.5 Å². The fourth-order valence-electron chi connectivity index (χ4n) is 3.49. The highest BCUT2D eigenvalue weighted by Gasteiger charge is 2.43. The molecule has 1 aromatic carbocycles. The summed E-state index contributed by atoms with van der Waals surface area (Å²) in [4.78, 5) is 28.1. The second-order valence-electron chi connectivity index (χ2n) is 6.52. The SMILES string of the molecule is CS(=O)(=O)NC1CC2C(=O)Nc3ccc(-c4cccs4)cc3C(=O)N2C1. The van der Waals surface area contributed by atoms with Gasteiger partial charge >= 0.3 is 0 Å². The first kappa shape index (κ1) is 17.2. The molecule has 3 heterocycles. The summed E-state index contributed by atoms with van der Waals surface area (Å²) in [7, 11) is -3.41. The summed E-state index contributed by atoms with van der Waals surface area (Å²) >= 11 is 1.57. The Morgan fingerprint density at radius 2 is 2.08 bits per heavy atom. The smallest absolute Gasteiger partial charge is 0.256 e. The molecule has 2 aliphatic rings. The van der Waals surface area contributed by atoms with E-state index in [1.807, 2.05) is 23.6 Å². The van der Waals surface area contributed by atoms with Crippen molar-refractivity contribution in [3.8, 4) is 10.4 Å². The number of fused-ring (bicyclic) bond motifs is 2. The van der Waals surface area contributed by atoms with E-state index in [2.05, 4.69) is 10.0 Å². The predicted octanol–water partition coefficient (Wildman–Crippen LogP) is 1.50. The average Bonchev–Trinajstić information content (AvgIpc) is 3.21. The maximum absolute atomic E-state index is 13.1. The molecular weight excluding hydrogens is 374 g/mol. The van der Waals surface area contributed by atoms with E-state index in [4.69, 9.17) is 0 Å². The average molecular weight is 391 g/mol. The second-order valence-corrected chi connectivity index (χ2v) is 9.25. The summed E-state index contributed by atoms with van der Waals surface area (Å²) in [5.41, 5.74) is 1.82. The van der Waals surface area contributed by atoms with Crippen LogP contribution < -0.4 is 10.0 Å². The maximum Gasteiger partial charge on any atom is 0.256 e. The molecule has 2 N–H and O–H groups in total. The summed E-state index contributed by atoms with van der Waals surface area (Å²) in [5.74, 6) is -0.557. The first-order chi connectivity index (χ1) is 12.3. The van der Waals surface area contributed by atoms with Gasteiger partial charge in [0.25, 0.3) is 5.91 Å². The van der Waals surface area contributed by atoms with Gasteiger partial charge in [0.05, 0.1) is 17.5 Å². The molecule has 0 bridgehead atoms. The topological polar surface area (TPSA) is 95.6 Å². The van der Waals surface area contributed by atoms with Crippen LogP contribution in [-0.2, 0) is 14.8 Å². The molecule has 0 radical (unpaired) electrons. The molecule has 0 spiro atoms. The monoisotopic (exact) mass is 391 g/mol. The third kappa shape index (κ3) is 3.13. The van der Waals surface area contributed by atoms with E-state index >= 15 is 0 Å². The molecule has 26 heavy (non-hydrogen) atoms. The van der Waals surface area contributed by atoms with Crippen molar-refractivity contribution in [1.29, 1.82) is 0 Å². The van der Waals surface area contributed by atoms with Crippen LogP contribution in [0.3, 0.4) is 0 Å². The lowest BCUT2D eigenvalue weighted by Crippen LogP contribution is -2.41. The highest BCUT2D eigenvalue weighted by atomic mass is 32.2. The summed E-state index contributed by atoms with van der Waals surface area (Å²) in [5, 5.41) is 4.77. The standard InChI is InChI=1S/C17H17N3O4S2/c1-26(23,24)19-11-8-14-16(21)18-13-5-4-10(15-3-2-6-25-15)7-12(13)17(22)20(14)9-11/h2-7,11,14,19H,8-9H2,1H3,(H,18,21). The van der Waals surface area contributed by atoms with Crippen LogP contribution in [0.2, 0.25) is 0 Å². The number of sulfonamides is 1. The Labute approximate surface area is 155 Å². The Balaban J connectivity index is 1.69. The highest BCUT2D eigenvalue weighted by Crippen LogP contribution is 2.33. The van der Waals surface area contributed by atoms with Crippen LogP contribution in [0.4, 0.5) is 5.69 Å². The number of anilines is 1. The molecular formula is C17H17N3O4S2. The maximum atomic E-state index is 13.1. The lowest BCUT2D eigenvalue weighted by molar-refractivity contribution is -0.119. The molecule has 1 fully saturated rings. The van der Waals surface area contributed by atoms with Crippen molar-refractivity contribution >= 4 is 38.9 Å². The number of carbonyl (C=O) groups excluding carboxylic acids is 2. The minimum absolute atomic E-state index is 0.173. The summed E-state index contributed by atoms with van der Waals surface area (Å²) in [6.45, 7) is 0.173. The van der Waals surface area contributed by atoms with Crippen molar-refractivity contribution in [2.45, 2.75) is 18.5 Å². The zero-order chi connectivity index (χ0) is 18.5. The van der Waals surface area contributed by atoms with Crippen molar-refractivity contribution in [2.75, 3.05) is 18.1 Å². The summed E-state index contributed by atoms with van der Waals surface area (Å²) in [6, 6.07) is 8.16. The first-order valence-electron chi connectivity index (χ1n) is 8.09. The number of hydrogen-bond acceptors (Lipinski definition) is 5. The molecule has 2 aliphatic heterocycles. The van der Waals surface area contributed by atoms with Gasteiger partial charge in [-0.25, -0.2) is 13.1 Å². The number of hydrogen-bond donors (Lipinski definition) is 2. The van der Waals surface area contributed by atoms with Crippen LogP contribution in [0, 0.1) is 0 Å². The summed E-state index contributed by atoms with van der Waals surface area (Å²) in [6.07, 6.45) is 1.33. The van der Waals surface area contributed by atoms with Gasteiger partial charge in [-0.3, -0.25) is 9.59 Å². The molecule has 0 aliphatic carbocycles. The fourth-order valence-corrected chi connectivity index (χ4v) is 4.99. The van der Waals surface area contributed by atoms with Gasteiger partial charge in [0.1, 0.15) is 6.04 Å². The Kier molecular flexibility index (Phi) is 4.09. The predicted molar refractivity (Wildman–Crippen MR) is 99.6 cm³/mol. The number of nitrogens with zero attached hydrogens (tertiary/aromatic N) is 1. The van der Waals surface area contributed by atoms with E-state index in [0.29, 0.717) is 11.3 Å². The number of nitrogens with one attached hydrogen (secondary N) is 2. The molecule has 0 saturated carbocycles. The van der Waals surface area contributed by atoms with E-state index in [9.17, 15) is 18.0 Å². The Hall–Kier alpha value is -2.23. The van der Waals surface area contributed by atoms with Crippen molar-refractivity contribution in [1.82, 2.24) is 9.62 Å². The molecule has 7 nitrogen and oxygen atoms in total.